The van der Waals surface area contributed by atoms with E-state index in [9.17, 15) is 4.79 Å². The maximum absolute atomic E-state index is 13.6. The van der Waals surface area contributed by atoms with Gasteiger partial charge in [0.25, 0.3) is 0 Å². The van der Waals surface area contributed by atoms with Crippen LogP contribution in [0.1, 0.15) is 76.9 Å². The molecule has 28 heavy (non-hydrogen) atoms. The maximum atomic E-state index is 13.6. The van der Waals surface area contributed by atoms with Crippen LogP contribution in [0, 0.1) is 11.8 Å². The van der Waals surface area contributed by atoms with Crippen molar-refractivity contribution < 1.29 is 4.79 Å². The van der Waals surface area contributed by atoms with E-state index >= 15 is 0 Å². The molecule has 1 aliphatic heterocycles. The minimum atomic E-state index is 0.0586. The lowest BCUT2D eigenvalue weighted by atomic mass is 9.58. The summed E-state index contributed by atoms with van der Waals surface area (Å²) in [6.45, 7) is 8.39. The molecule has 0 aromatic carbocycles. The van der Waals surface area contributed by atoms with E-state index in [1.54, 1.807) is 0 Å². The van der Waals surface area contributed by atoms with E-state index in [1.807, 2.05) is 6.20 Å². The molecule has 3 unspecified atom stereocenters. The van der Waals surface area contributed by atoms with Gasteiger partial charge >= 0.3 is 0 Å². The quantitative estimate of drug-likeness (QED) is 0.796. The molecular weight excluding hydrogens is 348 g/mol. The average Bonchev–Trinajstić information content (AvgIpc) is 3.43. The van der Waals surface area contributed by atoms with E-state index in [4.69, 9.17) is 0 Å². The van der Waals surface area contributed by atoms with E-state index in [1.165, 1.54) is 50.6 Å². The van der Waals surface area contributed by atoms with E-state index in [2.05, 4.69) is 39.5 Å². The monoisotopic (exact) mass is 384 g/mol. The van der Waals surface area contributed by atoms with Crippen molar-refractivity contribution in [3.8, 4) is 0 Å². The molecule has 1 amide bonds. The molecule has 0 N–H and O–H groups in total. The molecule has 6 rings (SSSR count). The number of hydrogen-bond donors (Lipinski definition) is 0. The zero-order chi connectivity index (χ0) is 19.3. The number of piperazine rings is 1. The molecule has 2 heterocycles. The number of carbonyl (C=O) groups excluding carboxylic acids is 1. The molecule has 2 bridgehead atoms. The summed E-state index contributed by atoms with van der Waals surface area (Å²) in [6, 6.07) is 3.31. The normalized spacial score (nSPS) is 34.0. The number of fused-ring (bicyclic) bond motifs is 1. The van der Waals surface area contributed by atoms with Gasteiger partial charge in [-0.05, 0) is 57.9 Å². The fourth-order valence-corrected chi connectivity index (χ4v) is 6.87. The predicted octanol–water partition coefficient (Wildman–Crippen LogP) is 3.61. The molecule has 1 aromatic heterocycles. The highest BCUT2D eigenvalue weighted by Crippen LogP contribution is 2.64. The molecule has 0 spiro atoms. The zero-order valence-electron chi connectivity index (χ0n) is 17.6. The van der Waals surface area contributed by atoms with Crippen molar-refractivity contribution in [2.24, 2.45) is 11.8 Å². The van der Waals surface area contributed by atoms with Crippen LogP contribution in [-0.2, 0) is 10.2 Å². The van der Waals surface area contributed by atoms with Crippen LogP contribution in [0.3, 0.4) is 0 Å². The van der Waals surface area contributed by atoms with Gasteiger partial charge in [-0.25, -0.2) is 0 Å². The Bertz CT molecular complexity index is 710. The van der Waals surface area contributed by atoms with Crippen molar-refractivity contribution in [3.05, 3.63) is 18.0 Å². The van der Waals surface area contributed by atoms with Gasteiger partial charge < -0.3 is 4.90 Å². The number of amides is 1. The predicted molar refractivity (Wildman–Crippen MR) is 110 cm³/mol. The molecular formula is C23H36N4O. The Morgan fingerprint density at radius 1 is 1.11 bits per heavy atom. The summed E-state index contributed by atoms with van der Waals surface area (Å²) >= 11 is 0. The molecule has 5 aliphatic rings. The summed E-state index contributed by atoms with van der Waals surface area (Å²) < 4.78 is 2.17. The van der Waals surface area contributed by atoms with Gasteiger partial charge in [-0.15, -0.1) is 0 Å². The van der Waals surface area contributed by atoms with Gasteiger partial charge in [0, 0.05) is 55.6 Å². The Balaban J connectivity index is 1.28. The van der Waals surface area contributed by atoms with Gasteiger partial charge in [0.05, 0.1) is 5.92 Å². The van der Waals surface area contributed by atoms with Crippen molar-refractivity contribution >= 4 is 5.91 Å². The minimum Gasteiger partial charge on any atom is -0.340 e. The lowest BCUT2D eigenvalue weighted by Gasteiger charge is -2.50. The SMILES string of the molecule is CC(C)n1nccc1C12CCC(C1)C2C(=O)N1CCN(C2CCCCC2)CC1. The van der Waals surface area contributed by atoms with Crippen LogP contribution in [0.2, 0.25) is 0 Å². The fourth-order valence-electron chi connectivity index (χ4n) is 6.87. The first kappa shape index (κ1) is 18.7. The smallest absolute Gasteiger partial charge is 0.227 e. The zero-order valence-corrected chi connectivity index (χ0v) is 17.6. The lowest BCUT2D eigenvalue weighted by Crippen LogP contribution is -2.58. The lowest BCUT2D eigenvalue weighted by molar-refractivity contribution is -0.146. The molecule has 3 atom stereocenters. The highest BCUT2D eigenvalue weighted by Gasteiger charge is 2.64. The fraction of sp³-hybridized carbons (Fsp3) is 0.826. The van der Waals surface area contributed by atoms with Crippen LogP contribution in [-0.4, -0.2) is 57.7 Å². The van der Waals surface area contributed by atoms with Crippen molar-refractivity contribution in [3.63, 3.8) is 0 Å². The number of nitrogens with zero attached hydrogens (tertiary/aromatic N) is 4. The summed E-state index contributed by atoms with van der Waals surface area (Å²) in [5.41, 5.74) is 1.37. The van der Waals surface area contributed by atoms with Crippen LogP contribution in [0.15, 0.2) is 12.3 Å². The topological polar surface area (TPSA) is 41.4 Å². The molecule has 5 fully saturated rings. The van der Waals surface area contributed by atoms with Crippen molar-refractivity contribution in [1.82, 2.24) is 19.6 Å². The molecule has 0 radical (unpaired) electrons. The summed E-state index contributed by atoms with van der Waals surface area (Å²) in [7, 11) is 0. The Labute approximate surface area is 169 Å². The molecule has 4 aliphatic carbocycles. The summed E-state index contributed by atoms with van der Waals surface area (Å²) in [4.78, 5) is 18.5. The second-order valence-electron chi connectivity index (χ2n) is 10.0. The maximum Gasteiger partial charge on any atom is 0.227 e. The van der Waals surface area contributed by atoms with Crippen LogP contribution >= 0.6 is 0 Å². The summed E-state index contributed by atoms with van der Waals surface area (Å²) in [6.07, 6.45) is 12.4. The molecule has 5 nitrogen and oxygen atoms in total. The van der Waals surface area contributed by atoms with Crippen LogP contribution in [0.5, 0.6) is 0 Å². The van der Waals surface area contributed by atoms with Gasteiger partial charge in [0.2, 0.25) is 5.91 Å². The van der Waals surface area contributed by atoms with Crippen LogP contribution in [0.25, 0.3) is 0 Å². The number of carbonyl (C=O) groups is 1. The summed E-state index contributed by atoms with van der Waals surface area (Å²) in [5.74, 6) is 1.23. The second kappa shape index (κ2) is 7.16. The van der Waals surface area contributed by atoms with Crippen LogP contribution in [0.4, 0.5) is 0 Å². The first-order valence-corrected chi connectivity index (χ1v) is 11.7. The number of rotatable bonds is 4. The van der Waals surface area contributed by atoms with Gasteiger partial charge in [0.15, 0.2) is 0 Å². The Morgan fingerprint density at radius 2 is 1.86 bits per heavy atom. The number of hydrogen-bond acceptors (Lipinski definition) is 3. The Kier molecular flexibility index (Phi) is 4.77. The van der Waals surface area contributed by atoms with Gasteiger partial charge in [-0.1, -0.05) is 19.3 Å². The second-order valence-corrected chi connectivity index (χ2v) is 10.0. The van der Waals surface area contributed by atoms with Crippen LogP contribution < -0.4 is 0 Å². The van der Waals surface area contributed by atoms with Gasteiger partial charge in [-0.3, -0.25) is 14.4 Å². The molecule has 154 valence electrons. The van der Waals surface area contributed by atoms with Gasteiger partial charge in [-0.2, -0.15) is 5.10 Å². The third-order valence-electron chi connectivity index (χ3n) is 8.31. The molecule has 4 saturated carbocycles. The van der Waals surface area contributed by atoms with E-state index in [0.29, 0.717) is 17.9 Å². The molecule has 1 saturated heterocycles. The Hall–Kier alpha value is -1.36. The van der Waals surface area contributed by atoms with E-state index < -0.39 is 0 Å². The summed E-state index contributed by atoms with van der Waals surface area (Å²) in [5, 5.41) is 4.58. The highest BCUT2D eigenvalue weighted by molar-refractivity contribution is 5.83. The van der Waals surface area contributed by atoms with Crippen molar-refractivity contribution in [1.29, 1.82) is 0 Å². The highest BCUT2D eigenvalue weighted by atomic mass is 16.2. The minimum absolute atomic E-state index is 0.0586. The number of aromatic nitrogens is 2. The largest absolute Gasteiger partial charge is 0.340 e. The van der Waals surface area contributed by atoms with Gasteiger partial charge in [0.1, 0.15) is 0 Å². The third-order valence-corrected chi connectivity index (χ3v) is 8.31. The van der Waals surface area contributed by atoms with Crippen molar-refractivity contribution in [2.75, 3.05) is 26.2 Å². The first-order chi connectivity index (χ1) is 13.6. The first-order valence-electron chi connectivity index (χ1n) is 11.7. The van der Waals surface area contributed by atoms with Crippen molar-refractivity contribution in [2.45, 2.75) is 82.7 Å². The Morgan fingerprint density at radius 3 is 2.54 bits per heavy atom. The average molecular weight is 385 g/mol. The van der Waals surface area contributed by atoms with E-state index in [0.717, 1.165) is 38.6 Å². The molecule has 1 aromatic rings. The van der Waals surface area contributed by atoms with E-state index in [-0.39, 0.29) is 11.3 Å². The third kappa shape index (κ3) is 2.84. The molecule has 5 heteroatoms. The standard InChI is InChI=1S/C23H36N4O/c1-17(2)27-20(9-11-24-27)23-10-8-18(16-23)21(23)22(28)26-14-12-25(13-15-26)19-6-4-3-5-7-19/h9,11,17-19,21H,3-8,10,12-16H2,1-2H3.